The fourth-order valence-electron chi connectivity index (χ4n) is 1.69. The Balaban J connectivity index is 0.00000225. The molecule has 0 aliphatic carbocycles. The number of carbonyl (C=O) groups is 1. The van der Waals surface area contributed by atoms with Gasteiger partial charge in [-0.2, -0.15) is 0 Å². The summed E-state index contributed by atoms with van der Waals surface area (Å²) in [7, 11) is 0. The highest BCUT2D eigenvalue weighted by Gasteiger charge is 2.31. The number of amides is 1. The number of hydrogen-bond acceptors (Lipinski definition) is 3. The van der Waals surface area contributed by atoms with Gasteiger partial charge in [0.15, 0.2) is 0 Å². The summed E-state index contributed by atoms with van der Waals surface area (Å²) in [5, 5.41) is 0. The van der Waals surface area contributed by atoms with Crippen molar-refractivity contribution in [3.05, 3.63) is 0 Å². The Kier molecular flexibility index (Phi) is 6.30. The first-order valence-electron chi connectivity index (χ1n) is 5.58. The molecule has 0 bridgehead atoms. The second kappa shape index (κ2) is 6.42. The molecule has 4 nitrogen and oxygen atoms in total. The number of carbonyl (C=O) groups excluding carboxylic acids is 1. The monoisotopic (exact) mass is 250 g/mol. The first-order valence-corrected chi connectivity index (χ1v) is 5.58. The number of nitrogens with two attached hydrogens (primary N) is 1. The Morgan fingerprint density at radius 1 is 1.56 bits per heavy atom. The van der Waals surface area contributed by atoms with Crippen LogP contribution in [-0.2, 0) is 9.53 Å². The van der Waals surface area contributed by atoms with Gasteiger partial charge in [-0.05, 0) is 27.2 Å². The van der Waals surface area contributed by atoms with Crippen molar-refractivity contribution >= 4 is 18.3 Å². The fourth-order valence-corrected chi connectivity index (χ4v) is 1.69. The largest absolute Gasteiger partial charge is 0.377 e. The average Bonchev–Trinajstić information content (AvgIpc) is 2.41. The second-order valence-electron chi connectivity index (χ2n) is 4.87. The molecule has 1 aliphatic rings. The zero-order valence-electron chi connectivity index (χ0n) is 10.4. The van der Waals surface area contributed by atoms with Crippen LogP contribution in [0.3, 0.4) is 0 Å². The van der Waals surface area contributed by atoms with E-state index in [4.69, 9.17) is 10.5 Å². The van der Waals surface area contributed by atoms with Gasteiger partial charge in [-0.25, -0.2) is 0 Å². The molecule has 1 fully saturated rings. The fraction of sp³-hybridized carbons (Fsp3) is 0.909. The quantitative estimate of drug-likeness (QED) is 0.797. The molecule has 1 saturated heterocycles. The predicted octanol–water partition coefficient (Wildman–Crippen LogP) is 1.03. The lowest BCUT2D eigenvalue weighted by molar-refractivity contribution is -0.140. The van der Waals surface area contributed by atoms with Crippen molar-refractivity contribution in [2.24, 2.45) is 11.1 Å². The summed E-state index contributed by atoms with van der Waals surface area (Å²) in [4.78, 5) is 14.0. The Hall–Kier alpha value is -0.320. The van der Waals surface area contributed by atoms with Crippen LogP contribution in [0.15, 0.2) is 0 Å². The highest BCUT2D eigenvalue weighted by molar-refractivity contribution is 5.85. The molecule has 0 saturated carbocycles. The molecule has 1 unspecified atom stereocenters. The van der Waals surface area contributed by atoms with Gasteiger partial charge >= 0.3 is 0 Å². The topological polar surface area (TPSA) is 55.6 Å². The predicted molar refractivity (Wildman–Crippen MR) is 66.7 cm³/mol. The molecule has 0 aromatic heterocycles. The van der Waals surface area contributed by atoms with E-state index < -0.39 is 5.41 Å². The van der Waals surface area contributed by atoms with Crippen molar-refractivity contribution < 1.29 is 9.53 Å². The molecule has 1 atom stereocenters. The van der Waals surface area contributed by atoms with Crippen LogP contribution in [-0.4, -0.2) is 43.2 Å². The van der Waals surface area contributed by atoms with Crippen LogP contribution in [0, 0.1) is 5.41 Å². The first kappa shape index (κ1) is 15.7. The van der Waals surface area contributed by atoms with Gasteiger partial charge in [0.25, 0.3) is 0 Å². The minimum absolute atomic E-state index is 0. The van der Waals surface area contributed by atoms with Gasteiger partial charge in [0, 0.05) is 26.2 Å². The van der Waals surface area contributed by atoms with Gasteiger partial charge < -0.3 is 15.4 Å². The lowest BCUT2D eigenvalue weighted by atomic mass is 9.91. The van der Waals surface area contributed by atoms with Gasteiger partial charge in [0.1, 0.15) is 0 Å². The molecule has 2 N–H and O–H groups in total. The third-order valence-electron chi connectivity index (χ3n) is 2.83. The standard InChI is InChI=1S/C11H22N2O2.ClH/c1-9-7-13(5-4-6-15-9)10(14)11(2,3)8-12;/h9H,4-8,12H2,1-3H3;1H. The van der Waals surface area contributed by atoms with E-state index in [0.29, 0.717) is 13.1 Å². The molecule has 0 radical (unpaired) electrons. The zero-order chi connectivity index (χ0) is 11.5. The molecule has 0 spiro atoms. The highest BCUT2D eigenvalue weighted by atomic mass is 35.5. The van der Waals surface area contributed by atoms with E-state index in [1.807, 2.05) is 25.7 Å². The molecule has 5 heteroatoms. The second-order valence-corrected chi connectivity index (χ2v) is 4.87. The Morgan fingerprint density at radius 3 is 2.75 bits per heavy atom. The minimum Gasteiger partial charge on any atom is -0.377 e. The lowest BCUT2D eigenvalue weighted by Gasteiger charge is -2.30. The lowest BCUT2D eigenvalue weighted by Crippen LogP contribution is -2.46. The van der Waals surface area contributed by atoms with E-state index in [0.717, 1.165) is 19.6 Å². The molecule has 96 valence electrons. The van der Waals surface area contributed by atoms with Crippen LogP contribution in [0.2, 0.25) is 0 Å². The third kappa shape index (κ3) is 3.92. The van der Waals surface area contributed by atoms with Crippen LogP contribution in [0.25, 0.3) is 0 Å². The SMILES string of the molecule is CC1CN(C(=O)C(C)(C)CN)CCCO1.Cl. The maximum Gasteiger partial charge on any atom is 0.229 e. The molecule has 16 heavy (non-hydrogen) atoms. The van der Waals surface area contributed by atoms with Crippen molar-refractivity contribution in [2.75, 3.05) is 26.2 Å². The smallest absolute Gasteiger partial charge is 0.229 e. The molecule has 1 heterocycles. The van der Waals surface area contributed by atoms with Crippen LogP contribution >= 0.6 is 12.4 Å². The summed E-state index contributed by atoms with van der Waals surface area (Å²) >= 11 is 0. The summed E-state index contributed by atoms with van der Waals surface area (Å²) in [5.41, 5.74) is 5.15. The van der Waals surface area contributed by atoms with Crippen LogP contribution < -0.4 is 5.73 Å². The Bertz CT molecular complexity index is 234. The molecule has 0 aromatic carbocycles. The van der Waals surface area contributed by atoms with Crippen LogP contribution in [0.5, 0.6) is 0 Å². The summed E-state index contributed by atoms with van der Waals surface area (Å²) < 4.78 is 5.50. The van der Waals surface area contributed by atoms with E-state index in [-0.39, 0.29) is 24.4 Å². The van der Waals surface area contributed by atoms with Crippen molar-refractivity contribution in [3.63, 3.8) is 0 Å². The minimum atomic E-state index is -0.454. The maximum absolute atomic E-state index is 12.1. The third-order valence-corrected chi connectivity index (χ3v) is 2.83. The molecular weight excluding hydrogens is 228 g/mol. The summed E-state index contributed by atoms with van der Waals surface area (Å²) in [5.74, 6) is 0.141. The summed E-state index contributed by atoms with van der Waals surface area (Å²) in [6, 6.07) is 0. The molecule has 1 rings (SSSR count). The van der Waals surface area contributed by atoms with Gasteiger partial charge in [-0.3, -0.25) is 4.79 Å². The number of rotatable bonds is 2. The van der Waals surface area contributed by atoms with Crippen LogP contribution in [0.1, 0.15) is 27.2 Å². The van der Waals surface area contributed by atoms with Gasteiger partial charge in [-0.1, -0.05) is 0 Å². The molecule has 1 amide bonds. The normalized spacial score (nSPS) is 22.2. The van der Waals surface area contributed by atoms with E-state index in [1.165, 1.54) is 0 Å². The van der Waals surface area contributed by atoms with Crippen molar-refractivity contribution in [2.45, 2.75) is 33.3 Å². The Morgan fingerprint density at radius 2 is 2.19 bits per heavy atom. The van der Waals surface area contributed by atoms with Gasteiger partial charge in [0.05, 0.1) is 11.5 Å². The molecule has 0 aromatic rings. The first-order chi connectivity index (χ1) is 6.97. The van der Waals surface area contributed by atoms with Crippen molar-refractivity contribution in [1.82, 2.24) is 4.90 Å². The van der Waals surface area contributed by atoms with Crippen molar-refractivity contribution in [1.29, 1.82) is 0 Å². The Labute approximate surface area is 104 Å². The number of halogens is 1. The maximum atomic E-state index is 12.1. The number of nitrogens with zero attached hydrogens (tertiary/aromatic N) is 1. The number of ether oxygens (including phenoxy) is 1. The average molecular weight is 251 g/mol. The zero-order valence-corrected chi connectivity index (χ0v) is 11.2. The van der Waals surface area contributed by atoms with E-state index in [9.17, 15) is 4.79 Å². The number of hydrogen-bond donors (Lipinski definition) is 1. The van der Waals surface area contributed by atoms with Crippen LogP contribution in [0.4, 0.5) is 0 Å². The summed E-state index contributed by atoms with van der Waals surface area (Å²) in [6.07, 6.45) is 1.04. The van der Waals surface area contributed by atoms with Gasteiger partial charge in [-0.15, -0.1) is 12.4 Å². The highest BCUT2D eigenvalue weighted by Crippen LogP contribution is 2.19. The molecule has 1 aliphatic heterocycles. The van der Waals surface area contributed by atoms with Crippen molar-refractivity contribution in [3.8, 4) is 0 Å². The van der Waals surface area contributed by atoms with E-state index in [1.54, 1.807) is 0 Å². The van der Waals surface area contributed by atoms with E-state index in [2.05, 4.69) is 0 Å². The van der Waals surface area contributed by atoms with Gasteiger partial charge in [0.2, 0.25) is 5.91 Å². The summed E-state index contributed by atoms with van der Waals surface area (Å²) in [6.45, 7) is 8.39. The molecular formula is C11H23ClN2O2. The van der Waals surface area contributed by atoms with E-state index >= 15 is 0 Å².